The molecule has 7 nitrogen and oxygen atoms in total. The van der Waals surface area contributed by atoms with Gasteiger partial charge in [-0.15, -0.1) is 10.2 Å². The molecule has 2 aromatic rings. The quantitative estimate of drug-likeness (QED) is 0.918. The Morgan fingerprint density at radius 2 is 2.26 bits per heavy atom. The summed E-state index contributed by atoms with van der Waals surface area (Å²) in [6.45, 7) is 1.57. The van der Waals surface area contributed by atoms with Gasteiger partial charge in [-0.1, -0.05) is 11.6 Å². The van der Waals surface area contributed by atoms with Crippen LogP contribution in [0.5, 0.6) is 11.5 Å². The molecule has 0 saturated heterocycles. The maximum atomic E-state index is 12.3. The zero-order valence-electron chi connectivity index (χ0n) is 12.3. The van der Waals surface area contributed by atoms with Crippen molar-refractivity contribution in [3.8, 4) is 11.5 Å². The van der Waals surface area contributed by atoms with Crippen molar-refractivity contribution < 1.29 is 14.3 Å². The zero-order valence-corrected chi connectivity index (χ0v) is 13.1. The summed E-state index contributed by atoms with van der Waals surface area (Å²) in [4.78, 5) is 12.3. The maximum Gasteiger partial charge on any atom is 0.251 e. The predicted octanol–water partition coefficient (Wildman–Crippen LogP) is 1.58. The summed E-state index contributed by atoms with van der Waals surface area (Å²) in [6, 6.07) is 3.22. The predicted molar refractivity (Wildman–Crippen MR) is 82.0 cm³/mol. The first-order valence-corrected chi connectivity index (χ1v) is 7.88. The van der Waals surface area contributed by atoms with E-state index in [9.17, 15) is 4.79 Å². The molecule has 0 saturated carbocycles. The van der Waals surface area contributed by atoms with Gasteiger partial charge in [0, 0.05) is 31.5 Å². The number of rotatable bonds is 4. The molecule has 1 aromatic carbocycles. The van der Waals surface area contributed by atoms with E-state index in [0.717, 1.165) is 31.0 Å². The van der Waals surface area contributed by atoms with E-state index in [0.29, 0.717) is 35.1 Å². The molecule has 0 fully saturated rings. The van der Waals surface area contributed by atoms with Gasteiger partial charge in [0.05, 0.1) is 5.02 Å². The lowest BCUT2D eigenvalue weighted by atomic mass is 10.2. The number of nitrogens with one attached hydrogen (secondary N) is 1. The van der Waals surface area contributed by atoms with Crippen molar-refractivity contribution in [2.45, 2.75) is 25.8 Å². The Hall–Kier alpha value is -2.28. The lowest BCUT2D eigenvalue weighted by molar-refractivity contribution is 0.0953. The van der Waals surface area contributed by atoms with Gasteiger partial charge in [0.1, 0.15) is 11.6 Å². The van der Waals surface area contributed by atoms with Gasteiger partial charge in [-0.25, -0.2) is 0 Å². The van der Waals surface area contributed by atoms with Crippen LogP contribution in [0.3, 0.4) is 0 Å². The van der Waals surface area contributed by atoms with Gasteiger partial charge in [-0.05, 0) is 18.6 Å². The summed E-state index contributed by atoms with van der Waals surface area (Å²) in [6.07, 6.45) is 2.74. The molecule has 23 heavy (non-hydrogen) atoms. The number of hydrogen-bond donors (Lipinski definition) is 1. The summed E-state index contributed by atoms with van der Waals surface area (Å²) in [5.74, 6) is 2.74. The topological polar surface area (TPSA) is 78.3 Å². The summed E-state index contributed by atoms with van der Waals surface area (Å²) >= 11 is 6.09. The van der Waals surface area contributed by atoms with E-state index in [1.807, 2.05) is 0 Å². The summed E-state index contributed by atoms with van der Waals surface area (Å²) < 4.78 is 12.6. The highest BCUT2D eigenvalue weighted by Crippen LogP contribution is 2.39. The summed E-state index contributed by atoms with van der Waals surface area (Å²) in [5.41, 5.74) is 0.450. The molecule has 0 spiro atoms. The largest absolute Gasteiger partial charge is 0.454 e. The maximum absolute atomic E-state index is 12.3. The molecular formula is C15H15ClN4O3. The van der Waals surface area contributed by atoms with Crippen LogP contribution in [0.4, 0.5) is 0 Å². The summed E-state index contributed by atoms with van der Waals surface area (Å²) in [5, 5.41) is 11.6. The second-order valence-corrected chi connectivity index (χ2v) is 5.89. The molecule has 3 heterocycles. The third-order valence-electron chi connectivity index (χ3n) is 4.01. The van der Waals surface area contributed by atoms with Gasteiger partial charge >= 0.3 is 0 Å². The second kappa shape index (κ2) is 5.73. The van der Waals surface area contributed by atoms with Crippen molar-refractivity contribution in [3.05, 3.63) is 34.4 Å². The number of aromatic nitrogens is 3. The van der Waals surface area contributed by atoms with Crippen molar-refractivity contribution in [1.82, 2.24) is 20.1 Å². The number of aryl methyl sites for hydroxylation is 1. The first kappa shape index (κ1) is 14.3. The Kier molecular flexibility index (Phi) is 3.57. The third kappa shape index (κ3) is 2.61. The third-order valence-corrected chi connectivity index (χ3v) is 4.29. The van der Waals surface area contributed by atoms with Crippen LogP contribution in [0.25, 0.3) is 0 Å². The van der Waals surface area contributed by atoms with Crippen LogP contribution < -0.4 is 14.8 Å². The number of carbonyl (C=O) groups excluding carboxylic acids is 1. The molecule has 0 aliphatic carbocycles. The van der Waals surface area contributed by atoms with E-state index >= 15 is 0 Å². The lowest BCUT2D eigenvalue weighted by Gasteiger charge is -2.07. The van der Waals surface area contributed by atoms with Gasteiger partial charge < -0.3 is 19.4 Å². The number of halogens is 1. The molecule has 2 aliphatic rings. The molecule has 1 aromatic heterocycles. The number of benzene rings is 1. The number of ether oxygens (including phenoxy) is 2. The van der Waals surface area contributed by atoms with Gasteiger partial charge in [0.2, 0.25) is 6.79 Å². The van der Waals surface area contributed by atoms with E-state index in [1.54, 1.807) is 12.1 Å². The van der Waals surface area contributed by atoms with Gasteiger partial charge in [-0.2, -0.15) is 0 Å². The Morgan fingerprint density at radius 3 is 3.17 bits per heavy atom. The monoisotopic (exact) mass is 334 g/mol. The van der Waals surface area contributed by atoms with Gasteiger partial charge in [-0.3, -0.25) is 4.79 Å². The van der Waals surface area contributed by atoms with Crippen molar-refractivity contribution in [2.24, 2.45) is 0 Å². The Labute approximate surface area is 137 Å². The molecular weight excluding hydrogens is 320 g/mol. The standard InChI is InChI=1S/C15H15ClN4O3/c16-10-6-9(7-11-14(10)23-8-22-11)15(21)17-4-3-13-19-18-12-2-1-5-20(12)13/h6-7H,1-5,8H2,(H,17,21). The minimum absolute atomic E-state index is 0.123. The molecule has 0 radical (unpaired) electrons. The molecule has 120 valence electrons. The molecule has 0 bridgehead atoms. The molecule has 2 aliphatic heterocycles. The average Bonchev–Trinajstić information content (AvgIpc) is 3.23. The van der Waals surface area contributed by atoms with Crippen LogP contribution in [0, 0.1) is 0 Å². The van der Waals surface area contributed by atoms with E-state index in [1.165, 1.54) is 0 Å². The smallest absolute Gasteiger partial charge is 0.251 e. The minimum Gasteiger partial charge on any atom is -0.454 e. The Bertz CT molecular complexity index is 774. The highest BCUT2D eigenvalue weighted by Gasteiger charge is 2.21. The molecule has 0 atom stereocenters. The van der Waals surface area contributed by atoms with Gasteiger partial charge in [0.25, 0.3) is 5.91 Å². The van der Waals surface area contributed by atoms with Crippen LogP contribution >= 0.6 is 11.6 Å². The summed E-state index contributed by atoms with van der Waals surface area (Å²) in [7, 11) is 0. The van der Waals surface area contributed by atoms with Gasteiger partial charge in [0.15, 0.2) is 11.5 Å². The Morgan fingerprint density at radius 1 is 1.35 bits per heavy atom. The zero-order chi connectivity index (χ0) is 15.8. The van der Waals surface area contributed by atoms with Crippen molar-refractivity contribution in [2.75, 3.05) is 13.3 Å². The lowest BCUT2D eigenvalue weighted by Crippen LogP contribution is -2.26. The van der Waals surface area contributed by atoms with Crippen molar-refractivity contribution in [3.63, 3.8) is 0 Å². The first-order chi connectivity index (χ1) is 11.2. The number of amides is 1. The fraction of sp³-hybridized carbons (Fsp3) is 0.400. The molecule has 4 rings (SSSR count). The normalized spacial score (nSPS) is 14.8. The van der Waals surface area contributed by atoms with Crippen LogP contribution in [-0.4, -0.2) is 34.0 Å². The van der Waals surface area contributed by atoms with E-state index in [4.69, 9.17) is 21.1 Å². The average molecular weight is 335 g/mol. The molecule has 0 unspecified atom stereocenters. The van der Waals surface area contributed by atoms with Crippen LogP contribution in [-0.2, 0) is 19.4 Å². The molecule has 1 amide bonds. The van der Waals surface area contributed by atoms with Crippen molar-refractivity contribution >= 4 is 17.5 Å². The fourth-order valence-electron chi connectivity index (χ4n) is 2.88. The molecule has 1 N–H and O–H groups in total. The van der Waals surface area contributed by atoms with Crippen molar-refractivity contribution in [1.29, 1.82) is 0 Å². The fourth-order valence-corrected chi connectivity index (χ4v) is 3.15. The number of hydrogen-bond acceptors (Lipinski definition) is 5. The van der Waals surface area contributed by atoms with Crippen LogP contribution in [0.15, 0.2) is 12.1 Å². The molecule has 8 heteroatoms. The minimum atomic E-state index is -0.202. The first-order valence-electron chi connectivity index (χ1n) is 7.50. The van der Waals surface area contributed by atoms with E-state index in [-0.39, 0.29) is 12.7 Å². The number of fused-ring (bicyclic) bond motifs is 2. The van der Waals surface area contributed by atoms with E-state index < -0.39 is 0 Å². The highest BCUT2D eigenvalue weighted by molar-refractivity contribution is 6.32. The highest BCUT2D eigenvalue weighted by atomic mass is 35.5. The number of carbonyl (C=O) groups is 1. The van der Waals surface area contributed by atoms with Crippen LogP contribution in [0.2, 0.25) is 5.02 Å². The second-order valence-electron chi connectivity index (χ2n) is 5.49. The van der Waals surface area contributed by atoms with E-state index in [2.05, 4.69) is 20.1 Å². The SMILES string of the molecule is O=C(NCCc1nnc2n1CCC2)c1cc(Cl)c2c(c1)OCO2. The van der Waals surface area contributed by atoms with Crippen LogP contribution in [0.1, 0.15) is 28.4 Å². The number of nitrogens with zero attached hydrogens (tertiary/aromatic N) is 3. The Balaban J connectivity index is 1.39.